The Morgan fingerprint density at radius 3 is 2.17 bits per heavy atom. The van der Waals surface area contributed by atoms with E-state index in [-0.39, 0.29) is 5.75 Å². The van der Waals surface area contributed by atoms with Crippen molar-refractivity contribution in [3.8, 4) is 0 Å². The van der Waals surface area contributed by atoms with Crippen LogP contribution in [0.15, 0.2) is 0 Å². The maximum Gasteiger partial charge on any atom is 0.214 e. The van der Waals surface area contributed by atoms with E-state index in [2.05, 4.69) is 0 Å². The van der Waals surface area contributed by atoms with Crippen LogP contribution in [0.3, 0.4) is 0 Å². The second kappa shape index (κ2) is 6.10. The predicted molar refractivity (Wildman–Crippen MR) is 75.4 cm³/mol. The van der Waals surface area contributed by atoms with Gasteiger partial charge in [-0.05, 0) is 43.9 Å². The molecular weight excluding hydrogens is 270 g/mol. The number of alkyl halides is 1. The van der Waals surface area contributed by atoms with Crippen molar-refractivity contribution in [1.29, 1.82) is 0 Å². The molecule has 5 heteroatoms. The molecule has 0 aromatic rings. The molecule has 0 atom stereocenters. The zero-order valence-corrected chi connectivity index (χ0v) is 12.6. The van der Waals surface area contributed by atoms with Crippen molar-refractivity contribution in [3.63, 3.8) is 0 Å². The summed E-state index contributed by atoms with van der Waals surface area (Å²) in [5.74, 6) is 0.825. The Balaban J connectivity index is 1.84. The van der Waals surface area contributed by atoms with Gasteiger partial charge in [0.15, 0.2) is 0 Å². The lowest BCUT2D eigenvalue weighted by atomic mass is 9.78. The van der Waals surface area contributed by atoms with Crippen molar-refractivity contribution in [1.82, 2.24) is 4.31 Å². The molecule has 0 aromatic heterocycles. The number of sulfonamides is 1. The Bertz CT molecular complexity index is 353. The lowest BCUT2D eigenvalue weighted by Crippen LogP contribution is -2.43. The normalized spacial score (nSPS) is 24.7. The molecule has 2 rings (SSSR count). The standard InChI is InChI=1S/C13H24ClNO2S/c14-9-3-4-12-18(16,17)15-10-7-13(8-11-15)5-1-2-6-13/h1-12H2. The molecule has 0 radical (unpaired) electrons. The number of halogens is 1. The SMILES string of the molecule is O=S(=O)(CCCCCl)N1CCC2(CCCC2)CC1. The highest BCUT2D eigenvalue weighted by Gasteiger charge is 2.39. The van der Waals surface area contributed by atoms with Crippen LogP contribution >= 0.6 is 11.6 Å². The molecular formula is C13H24ClNO2S. The zero-order chi connectivity index (χ0) is 13.1. The van der Waals surface area contributed by atoms with Gasteiger partial charge in [-0.1, -0.05) is 12.8 Å². The highest BCUT2D eigenvalue weighted by atomic mass is 35.5. The summed E-state index contributed by atoms with van der Waals surface area (Å²) in [6.45, 7) is 1.48. The van der Waals surface area contributed by atoms with Crippen LogP contribution in [-0.4, -0.2) is 37.4 Å². The van der Waals surface area contributed by atoms with E-state index in [1.807, 2.05) is 0 Å². The van der Waals surface area contributed by atoms with Gasteiger partial charge >= 0.3 is 0 Å². The first kappa shape index (κ1) is 14.6. The summed E-state index contributed by atoms with van der Waals surface area (Å²) in [6, 6.07) is 0. The van der Waals surface area contributed by atoms with Crippen LogP contribution in [0.25, 0.3) is 0 Å². The number of nitrogens with zero attached hydrogens (tertiary/aromatic N) is 1. The molecule has 1 aliphatic heterocycles. The maximum absolute atomic E-state index is 12.1. The van der Waals surface area contributed by atoms with Crippen LogP contribution in [0.5, 0.6) is 0 Å². The fraction of sp³-hybridized carbons (Fsp3) is 1.00. The average Bonchev–Trinajstić information content (AvgIpc) is 2.78. The first-order valence-electron chi connectivity index (χ1n) is 7.12. The van der Waals surface area contributed by atoms with Gasteiger partial charge in [0, 0.05) is 19.0 Å². The third-order valence-electron chi connectivity index (χ3n) is 4.63. The highest BCUT2D eigenvalue weighted by molar-refractivity contribution is 7.89. The minimum atomic E-state index is -3.03. The van der Waals surface area contributed by atoms with E-state index in [1.54, 1.807) is 4.31 Å². The summed E-state index contributed by atoms with van der Waals surface area (Å²) in [5.41, 5.74) is 0.488. The van der Waals surface area contributed by atoms with E-state index in [1.165, 1.54) is 25.7 Å². The Labute approximate surface area is 116 Å². The van der Waals surface area contributed by atoms with E-state index in [0.29, 0.717) is 17.7 Å². The smallest absolute Gasteiger partial charge is 0.212 e. The lowest BCUT2D eigenvalue weighted by Gasteiger charge is -2.38. The van der Waals surface area contributed by atoms with Crippen molar-refractivity contribution in [2.45, 2.75) is 51.4 Å². The number of hydrogen-bond donors (Lipinski definition) is 0. The van der Waals surface area contributed by atoms with Gasteiger partial charge in [0.25, 0.3) is 0 Å². The van der Waals surface area contributed by atoms with E-state index in [9.17, 15) is 8.42 Å². The van der Waals surface area contributed by atoms with Gasteiger partial charge in [0.05, 0.1) is 5.75 Å². The molecule has 2 aliphatic rings. The second-order valence-electron chi connectivity index (χ2n) is 5.82. The third kappa shape index (κ3) is 3.40. The van der Waals surface area contributed by atoms with Crippen molar-refractivity contribution < 1.29 is 8.42 Å². The van der Waals surface area contributed by atoms with Gasteiger partial charge < -0.3 is 0 Å². The van der Waals surface area contributed by atoms with Gasteiger partial charge in [0.2, 0.25) is 10.0 Å². The monoisotopic (exact) mass is 293 g/mol. The van der Waals surface area contributed by atoms with Crippen LogP contribution in [0.2, 0.25) is 0 Å². The van der Waals surface area contributed by atoms with Crippen LogP contribution in [-0.2, 0) is 10.0 Å². The molecule has 1 aliphatic carbocycles. The van der Waals surface area contributed by atoms with Crippen LogP contribution < -0.4 is 0 Å². The van der Waals surface area contributed by atoms with Gasteiger partial charge in [-0.25, -0.2) is 12.7 Å². The van der Waals surface area contributed by atoms with E-state index >= 15 is 0 Å². The molecule has 0 N–H and O–H groups in total. The van der Waals surface area contributed by atoms with E-state index < -0.39 is 10.0 Å². The van der Waals surface area contributed by atoms with Crippen LogP contribution in [0.4, 0.5) is 0 Å². The molecule has 1 heterocycles. The minimum absolute atomic E-state index is 0.271. The Kier molecular flexibility index (Phi) is 4.95. The lowest BCUT2D eigenvalue weighted by molar-refractivity contribution is 0.160. The summed E-state index contributed by atoms with van der Waals surface area (Å²) in [7, 11) is -3.03. The quantitative estimate of drug-likeness (QED) is 0.577. The third-order valence-corrected chi connectivity index (χ3v) is 6.85. The number of unbranched alkanes of at least 4 members (excludes halogenated alkanes) is 1. The molecule has 106 valence electrons. The number of hydrogen-bond acceptors (Lipinski definition) is 2. The minimum Gasteiger partial charge on any atom is -0.212 e. The number of piperidine rings is 1. The van der Waals surface area contributed by atoms with E-state index in [4.69, 9.17) is 11.6 Å². The van der Waals surface area contributed by atoms with Crippen molar-refractivity contribution in [2.75, 3.05) is 24.7 Å². The van der Waals surface area contributed by atoms with Gasteiger partial charge in [-0.3, -0.25) is 0 Å². The molecule has 18 heavy (non-hydrogen) atoms. The molecule has 0 bridgehead atoms. The van der Waals surface area contributed by atoms with Gasteiger partial charge in [-0.2, -0.15) is 0 Å². The van der Waals surface area contributed by atoms with Crippen LogP contribution in [0, 0.1) is 5.41 Å². The van der Waals surface area contributed by atoms with Crippen LogP contribution in [0.1, 0.15) is 51.4 Å². The number of rotatable bonds is 5. The Hall–Kier alpha value is 0.200. The van der Waals surface area contributed by atoms with Crippen molar-refractivity contribution >= 4 is 21.6 Å². The summed E-state index contributed by atoms with van der Waals surface area (Å²) in [6.07, 6.45) is 8.92. The average molecular weight is 294 g/mol. The fourth-order valence-electron chi connectivity index (χ4n) is 3.37. The molecule has 0 unspecified atom stereocenters. The van der Waals surface area contributed by atoms with Crippen molar-refractivity contribution in [2.24, 2.45) is 5.41 Å². The molecule has 1 saturated carbocycles. The maximum atomic E-state index is 12.1. The van der Waals surface area contributed by atoms with Gasteiger partial charge in [0.1, 0.15) is 0 Å². The largest absolute Gasteiger partial charge is 0.214 e. The summed E-state index contributed by atoms with van der Waals surface area (Å²) in [4.78, 5) is 0. The molecule has 1 saturated heterocycles. The first-order valence-corrected chi connectivity index (χ1v) is 9.26. The van der Waals surface area contributed by atoms with Crippen molar-refractivity contribution in [3.05, 3.63) is 0 Å². The summed E-state index contributed by atoms with van der Waals surface area (Å²) >= 11 is 5.59. The molecule has 3 nitrogen and oxygen atoms in total. The highest BCUT2D eigenvalue weighted by Crippen LogP contribution is 2.46. The first-order chi connectivity index (χ1) is 8.58. The predicted octanol–water partition coefficient (Wildman–Crippen LogP) is 2.99. The molecule has 1 spiro atoms. The Morgan fingerprint density at radius 2 is 1.61 bits per heavy atom. The summed E-state index contributed by atoms with van der Waals surface area (Å²) < 4.78 is 26.0. The second-order valence-corrected chi connectivity index (χ2v) is 8.28. The van der Waals surface area contributed by atoms with E-state index in [0.717, 1.165) is 32.4 Å². The fourth-order valence-corrected chi connectivity index (χ4v) is 5.13. The molecule has 0 aromatic carbocycles. The summed E-state index contributed by atoms with van der Waals surface area (Å²) in [5, 5.41) is 0. The van der Waals surface area contributed by atoms with Gasteiger partial charge in [-0.15, -0.1) is 11.6 Å². The molecule has 0 amide bonds. The molecule has 2 fully saturated rings. The Morgan fingerprint density at radius 1 is 1.00 bits per heavy atom. The topological polar surface area (TPSA) is 37.4 Å². The zero-order valence-electron chi connectivity index (χ0n) is 11.0.